The van der Waals surface area contributed by atoms with Crippen LogP contribution in [0.1, 0.15) is 23.6 Å². The number of aryl methyl sites for hydroxylation is 1. The summed E-state index contributed by atoms with van der Waals surface area (Å²) in [5.74, 6) is 0.767. The third-order valence-electron chi connectivity index (χ3n) is 3.03. The number of rotatable bonds is 4. The van der Waals surface area contributed by atoms with Crippen LogP contribution in [-0.4, -0.2) is 0 Å². The van der Waals surface area contributed by atoms with Gasteiger partial charge >= 0.3 is 0 Å². The first-order chi connectivity index (χ1) is 8.72. The van der Waals surface area contributed by atoms with Crippen LogP contribution in [0, 0.1) is 6.92 Å². The van der Waals surface area contributed by atoms with Gasteiger partial charge in [0.25, 0.3) is 0 Å². The van der Waals surface area contributed by atoms with Crippen molar-refractivity contribution in [1.82, 2.24) is 0 Å². The maximum atomic E-state index is 6.36. The average molecular weight is 261 g/mol. The van der Waals surface area contributed by atoms with Crippen molar-refractivity contribution >= 4 is 11.6 Å². The van der Waals surface area contributed by atoms with Crippen molar-refractivity contribution in [2.24, 2.45) is 0 Å². The van der Waals surface area contributed by atoms with E-state index in [9.17, 15) is 0 Å². The minimum atomic E-state index is 0.548. The molecule has 18 heavy (non-hydrogen) atoms. The Bertz CT molecular complexity index is 520. The Hall–Kier alpha value is -1.47. The lowest BCUT2D eigenvalue weighted by Gasteiger charge is -2.12. The molecule has 94 valence electrons. The van der Waals surface area contributed by atoms with E-state index in [0.717, 1.165) is 22.8 Å². The van der Waals surface area contributed by atoms with Crippen molar-refractivity contribution in [2.75, 3.05) is 0 Å². The number of hydrogen-bond donors (Lipinski definition) is 0. The molecule has 0 N–H and O–H groups in total. The molecule has 0 spiro atoms. The number of halogens is 1. The van der Waals surface area contributed by atoms with Gasteiger partial charge in [-0.05, 0) is 36.1 Å². The summed E-state index contributed by atoms with van der Waals surface area (Å²) < 4.78 is 5.79. The first kappa shape index (κ1) is 13.0. The molecule has 0 fully saturated rings. The molecule has 0 saturated heterocycles. The number of benzene rings is 2. The summed E-state index contributed by atoms with van der Waals surface area (Å²) in [5, 5.41) is 0.744. The molecule has 0 atom stereocenters. The minimum Gasteiger partial charge on any atom is -0.487 e. The molecule has 0 saturated carbocycles. The van der Waals surface area contributed by atoms with E-state index in [-0.39, 0.29) is 0 Å². The van der Waals surface area contributed by atoms with Gasteiger partial charge in [-0.25, -0.2) is 0 Å². The summed E-state index contributed by atoms with van der Waals surface area (Å²) >= 11 is 6.36. The smallest absolute Gasteiger partial charge is 0.138 e. The molecule has 2 aromatic rings. The number of hydrogen-bond acceptors (Lipinski definition) is 1. The average Bonchev–Trinajstić information content (AvgIpc) is 2.40. The second kappa shape index (κ2) is 5.92. The van der Waals surface area contributed by atoms with E-state index in [0.29, 0.717) is 6.61 Å². The van der Waals surface area contributed by atoms with Crippen molar-refractivity contribution in [3.8, 4) is 5.75 Å². The largest absolute Gasteiger partial charge is 0.487 e. The van der Waals surface area contributed by atoms with Crippen molar-refractivity contribution in [1.29, 1.82) is 0 Å². The first-order valence-corrected chi connectivity index (χ1v) is 6.55. The second-order valence-corrected chi connectivity index (χ2v) is 4.68. The van der Waals surface area contributed by atoms with Gasteiger partial charge in [0.05, 0.1) is 5.02 Å². The molecule has 0 aliphatic heterocycles. The zero-order chi connectivity index (χ0) is 13.0. The Balaban J connectivity index is 2.15. The van der Waals surface area contributed by atoms with Gasteiger partial charge < -0.3 is 4.74 Å². The second-order valence-electron chi connectivity index (χ2n) is 4.30. The van der Waals surface area contributed by atoms with E-state index >= 15 is 0 Å². The summed E-state index contributed by atoms with van der Waals surface area (Å²) in [7, 11) is 0. The fourth-order valence-electron chi connectivity index (χ4n) is 1.98. The van der Waals surface area contributed by atoms with Crippen molar-refractivity contribution in [2.45, 2.75) is 26.9 Å². The third-order valence-corrected chi connectivity index (χ3v) is 3.45. The van der Waals surface area contributed by atoms with Crippen LogP contribution in [-0.2, 0) is 13.0 Å². The Kier molecular flexibility index (Phi) is 4.27. The molecule has 0 aliphatic carbocycles. The van der Waals surface area contributed by atoms with E-state index in [1.165, 1.54) is 11.1 Å². The van der Waals surface area contributed by atoms with Crippen LogP contribution in [0.4, 0.5) is 0 Å². The summed E-state index contributed by atoms with van der Waals surface area (Å²) in [5.41, 5.74) is 3.53. The zero-order valence-corrected chi connectivity index (χ0v) is 11.5. The molecule has 0 amide bonds. The maximum Gasteiger partial charge on any atom is 0.138 e. The standard InChI is InChI=1S/C16H17ClO/c1-3-14-12(2)9-10-15(16(14)17)18-11-13-7-5-4-6-8-13/h4-10H,3,11H2,1-2H3. The molecule has 1 nitrogen and oxygen atoms in total. The van der Waals surface area contributed by atoms with Gasteiger partial charge in [-0.1, -0.05) is 54.9 Å². The quantitative estimate of drug-likeness (QED) is 0.768. The van der Waals surface area contributed by atoms with E-state index in [1.807, 2.05) is 36.4 Å². The highest BCUT2D eigenvalue weighted by Crippen LogP contribution is 2.31. The lowest BCUT2D eigenvalue weighted by Crippen LogP contribution is -1.98. The van der Waals surface area contributed by atoms with Gasteiger partial charge in [-0.15, -0.1) is 0 Å². The summed E-state index contributed by atoms with van der Waals surface area (Å²) in [4.78, 5) is 0. The molecule has 2 heteroatoms. The minimum absolute atomic E-state index is 0.548. The van der Waals surface area contributed by atoms with Gasteiger partial charge in [0, 0.05) is 0 Å². The highest BCUT2D eigenvalue weighted by molar-refractivity contribution is 6.32. The Morgan fingerprint density at radius 1 is 1.06 bits per heavy atom. The summed E-state index contributed by atoms with van der Waals surface area (Å²) in [6.45, 7) is 4.73. The number of ether oxygens (including phenoxy) is 1. The van der Waals surface area contributed by atoms with E-state index in [1.54, 1.807) is 0 Å². The first-order valence-electron chi connectivity index (χ1n) is 6.17. The predicted molar refractivity (Wildman–Crippen MR) is 76.3 cm³/mol. The van der Waals surface area contributed by atoms with Crippen LogP contribution >= 0.6 is 11.6 Å². The van der Waals surface area contributed by atoms with Gasteiger partial charge in [0.15, 0.2) is 0 Å². The highest BCUT2D eigenvalue weighted by Gasteiger charge is 2.08. The van der Waals surface area contributed by atoms with Crippen LogP contribution in [0.25, 0.3) is 0 Å². The topological polar surface area (TPSA) is 9.23 Å². The predicted octanol–water partition coefficient (Wildman–Crippen LogP) is 4.79. The lowest BCUT2D eigenvalue weighted by molar-refractivity contribution is 0.306. The fourth-order valence-corrected chi connectivity index (χ4v) is 2.38. The third kappa shape index (κ3) is 2.85. The maximum absolute atomic E-state index is 6.36. The molecule has 2 rings (SSSR count). The molecule has 0 aliphatic rings. The molecule has 2 aromatic carbocycles. The van der Waals surface area contributed by atoms with Crippen LogP contribution < -0.4 is 4.74 Å². The van der Waals surface area contributed by atoms with E-state index < -0.39 is 0 Å². The Morgan fingerprint density at radius 2 is 1.78 bits per heavy atom. The molecular formula is C16H17ClO. The van der Waals surface area contributed by atoms with Crippen LogP contribution in [0.2, 0.25) is 5.02 Å². The summed E-state index contributed by atoms with van der Waals surface area (Å²) in [6, 6.07) is 14.1. The van der Waals surface area contributed by atoms with Gasteiger partial charge in [0.1, 0.15) is 12.4 Å². The Morgan fingerprint density at radius 3 is 2.44 bits per heavy atom. The monoisotopic (exact) mass is 260 g/mol. The zero-order valence-electron chi connectivity index (χ0n) is 10.7. The van der Waals surface area contributed by atoms with Crippen molar-refractivity contribution < 1.29 is 4.74 Å². The van der Waals surface area contributed by atoms with Crippen LogP contribution in [0.5, 0.6) is 5.75 Å². The van der Waals surface area contributed by atoms with Crippen LogP contribution in [0.15, 0.2) is 42.5 Å². The fraction of sp³-hybridized carbons (Fsp3) is 0.250. The molecule has 0 radical (unpaired) electrons. The SMILES string of the molecule is CCc1c(C)ccc(OCc2ccccc2)c1Cl. The van der Waals surface area contributed by atoms with E-state index in [4.69, 9.17) is 16.3 Å². The molecule has 0 heterocycles. The van der Waals surface area contributed by atoms with Gasteiger partial charge in [0.2, 0.25) is 0 Å². The van der Waals surface area contributed by atoms with Gasteiger partial charge in [-0.3, -0.25) is 0 Å². The molecular weight excluding hydrogens is 244 g/mol. The Labute approximate surface area is 113 Å². The van der Waals surface area contributed by atoms with Crippen molar-refractivity contribution in [3.05, 3.63) is 64.2 Å². The van der Waals surface area contributed by atoms with Gasteiger partial charge in [-0.2, -0.15) is 0 Å². The van der Waals surface area contributed by atoms with Crippen LogP contribution in [0.3, 0.4) is 0 Å². The molecule has 0 unspecified atom stereocenters. The lowest BCUT2D eigenvalue weighted by atomic mass is 10.1. The normalized spacial score (nSPS) is 10.4. The molecule has 0 bridgehead atoms. The van der Waals surface area contributed by atoms with E-state index in [2.05, 4.69) is 19.9 Å². The highest BCUT2D eigenvalue weighted by atomic mass is 35.5. The molecule has 0 aromatic heterocycles. The summed E-state index contributed by atoms with van der Waals surface area (Å²) in [6.07, 6.45) is 0.924. The van der Waals surface area contributed by atoms with Crippen molar-refractivity contribution in [3.63, 3.8) is 0 Å².